The molecule has 4 rings (SSSR count). The van der Waals surface area contributed by atoms with Crippen LogP contribution in [0.1, 0.15) is 41.9 Å². The van der Waals surface area contributed by atoms with Crippen LogP contribution in [0, 0.1) is 21.4 Å². The molecule has 1 aliphatic heterocycles. The number of ketones is 1. The molecule has 152 valence electrons. The van der Waals surface area contributed by atoms with E-state index in [1.807, 2.05) is 12.1 Å². The number of carbonyl (C=O) groups is 1. The number of anilines is 1. The number of benzene rings is 1. The van der Waals surface area contributed by atoms with Crippen molar-refractivity contribution < 1.29 is 9.72 Å². The highest BCUT2D eigenvalue weighted by Gasteiger charge is 2.41. The third-order valence-corrected chi connectivity index (χ3v) is 6.82. The fourth-order valence-electron chi connectivity index (χ4n) is 4.15. The summed E-state index contributed by atoms with van der Waals surface area (Å²) in [5.74, 6) is -0.260. The number of allylic oxidation sites excluding steroid dienone is 3. The molecule has 2 aliphatic rings. The highest BCUT2D eigenvalue weighted by atomic mass is 32.1. The molecular formula is C22H20N4O3S. The summed E-state index contributed by atoms with van der Waals surface area (Å²) in [6, 6.07) is 12.3. The minimum absolute atomic E-state index is 0.00313. The van der Waals surface area contributed by atoms with E-state index in [1.54, 1.807) is 28.4 Å². The summed E-state index contributed by atoms with van der Waals surface area (Å²) in [4.78, 5) is 27.6. The normalized spacial score (nSPS) is 19.0. The summed E-state index contributed by atoms with van der Waals surface area (Å²) < 4.78 is 0. The Labute approximate surface area is 177 Å². The Morgan fingerprint density at radius 1 is 1.33 bits per heavy atom. The Morgan fingerprint density at radius 2 is 2.13 bits per heavy atom. The molecule has 1 atom stereocenters. The number of nitriles is 1. The van der Waals surface area contributed by atoms with Gasteiger partial charge in [0, 0.05) is 39.6 Å². The smallest absolute Gasteiger partial charge is 0.271 e. The van der Waals surface area contributed by atoms with Crippen molar-refractivity contribution in [3.8, 4) is 6.07 Å². The van der Waals surface area contributed by atoms with Crippen LogP contribution in [0.5, 0.6) is 0 Å². The van der Waals surface area contributed by atoms with Crippen molar-refractivity contribution in [2.24, 2.45) is 5.73 Å². The minimum atomic E-state index is -0.488. The van der Waals surface area contributed by atoms with Gasteiger partial charge >= 0.3 is 0 Å². The predicted octanol–water partition coefficient (Wildman–Crippen LogP) is 4.52. The van der Waals surface area contributed by atoms with Gasteiger partial charge in [-0.3, -0.25) is 19.8 Å². The number of aryl methyl sites for hydroxylation is 1. The van der Waals surface area contributed by atoms with Gasteiger partial charge in [-0.2, -0.15) is 5.26 Å². The third-order valence-electron chi connectivity index (χ3n) is 5.53. The Balaban J connectivity index is 1.94. The van der Waals surface area contributed by atoms with E-state index in [2.05, 4.69) is 13.0 Å². The second-order valence-electron chi connectivity index (χ2n) is 7.25. The van der Waals surface area contributed by atoms with E-state index in [4.69, 9.17) is 5.73 Å². The van der Waals surface area contributed by atoms with Crippen molar-refractivity contribution in [3.63, 3.8) is 0 Å². The molecule has 0 unspecified atom stereocenters. The van der Waals surface area contributed by atoms with E-state index in [-0.39, 0.29) is 17.3 Å². The number of nitro groups is 1. The number of rotatable bonds is 4. The number of Topliss-reactive ketones (excluding diaryl/α,β-unsaturated/α-hetero) is 1. The molecule has 1 aliphatic carbocycles. The molecule has 8 heteroatoms. The van der Waals surface area contributed by atoms with E-state index < -0.39 is 10.8 Å². The summed E-state index contributed by atoms with van der Waals surface area (Å²) in [6.45, 7) is 2.06. The zero-order valence-electron chi connectivity index (χ0n) is 16.4. The molecule has 0 saturated heterocycles. The van der Waals surface area contributed by atoms with Gasteiger partial charge in [-0.1, -0.05) is 13.0 Å². The standard InChI is InChI=1S/C22H20N4O3S/c1-2-15-9-10-19(30-15)20-16(12-23)22(24)25(17-7-4-8-18(27)21(17)20)13-5-3-6-14(11-13)26(28)29/h3,5-6,9-11,20H,2,4,7-8,24H2,1H3/t20-/m0/s1. The molecule has 0 amide bonds. The molecule has 0 spiro atoms. The van der Waals surface area contributed by atoms with Gasteiger partial charge in [0.05, 0.1) is 28.2 Å². The largest absolute Gasteiger partial charge is 0.384 e. The van der Waals surface area contributed by atoms with E-state index >= 15 is 0 Å². The van der Waals surface area contributed by atoms with Crippen LogP contribution in [0.4, 0.5) is 11.4 Å². The SMILES string of the molecule is CCc1ccc([C@@H]2C(C#N)=C(N)N(c3cccc([N+](=O)[O-])c3)C3=C2C(=O)CCC3)s1. The van der Waals surface area contributed by atoms with Crippen LogP contribution in [-0.4, -0.2) is 10.7 Å². The van der Waals surface area contributed by atoms with Crippen molar-refractivity contribution in [1.82, 2.24) is 0 Å². The van der Waals surface area contributed by atoms with Crippen LogP contribution in [0.15, 0.2) is 59.1 Å². The summed E-state index contributed by atoms with van der Waals surface area (Å²) in [5.41, 5.74) is 8.52. The number of nitro benzene ring substituents is 1. The highest BCUT2D eigenvalue weighted by Crippen LogP contribution is 2.47. The highest BCUT2D eigenvalue weighted by molar-refractivity contribution is 7.12. The molecule has 0 bridgehead atoms. The summed E-state index contributed by atoms with van der Waals surface area (Å²) >= 11 is 1.59. The number of hydrogen-bond donors (Lipinski definition) is 1. The molecule has 1 aromatic heterocycles. The number of non-ortho nitro benzene ring substituents is 1. The second kappa shape index (κ2) is 7.76. The Morgan fingerprint density at radius 3 is 2.80 bits per heavy atom. The topological polar surface area (TPSA) is 113 Å². The molecule has 2 N–H and O–H groups in total. The van der Waals surface area contributed by atoms with E-state index in [0.29, 0.717) is 36.1 Å². The Bertz CT molecular complexity index is 1160. The maximum Gasteiger partial charge on any atom is 0.271 e. The maximum atomic E-state index is 13.0. The van der Waals surface area contributed by atoms with Crippen LogP contribution in [0.25, 0.3) is 0 Å². The maximum absolute atomic E-state index is 13.0. The Hall–Kier alpha value is -3.44. The molecule has 0 fully saturated rings. The molecule has 7 nitrogen and oxygen atoms in total. The van der Waals surface area contributed by atoms with Crippen molar-refractivity contribution in [3.05, 3.63) is 78.9 Å². The quantitative estimate of drug-likeness (QED) is 0.574. The monoisotopic (exact) mass is 420 g/mol. The lowest BCUT2D eigenvalue weighted by molar-refractivity contribution is -0.384. The van der Waals surface area contributed by atoms with Gasteiger partial charge in [0.25, 0.3) is 5.69 Å². The van der Waals surface area contributed by atoms with Crippen molar-refractivity contribution in [2.75, 3.05) is 4.90 Å². The average Bonchev–Trinajstić information content (AvgIpc) is 3.22. The first-order valence-electron chi connectivity index (χ1n) is 9.75. The fourth-order valence-corrected chi connectivity index (χ4v) is 5.22. The summed E-state index contributed by atoms with van der Waals surface area (Å²) in [6.07, 6.45) is 2.59. The molecule has 30 heavy (non-hydrogen) atoms. The molecule has 0 radical (unpaired) electrons. The number of hydrogen-bond acceptors (Lipinski definition) is 7. The lowest BCUT2D eigenvalue weighted by Crippen LogP contribution is -2.38. The molecule has 1 aromatic carbocycles. The van der Waals surface area contributed by atoms with E-state index in [1.165, 1.54) is 17.0 Å². The van der Waals surface area contributed by atoms with Crippen molar-refractivity contribution in [2.45, 2.75) is 38.5 Å². The van der Waals surface area contributed by atoms with Gasteiger partial charge in [0.1, 0.15) is 5.82 Å². The lowest BCUT2D eigenvalue weighted by Gasteiger charge is -2.39. The first kappa shape index (κ1) is 19.9. The first-order chi connectivity index (χ1) is 14.5. The van der Waals surface area contributed by atoms with Gasteiger partial charge in [-0.15, -0.1) is 11.3 Å². The number of nitrogens with zero attached hydrogens (tertiary/aromatic N) is 3. The Kier molecular flexibility index (Phi) is 5.14. The number of thiophene rings is 1. The second-order valence-corrected chi connectivity index (χ2v) is 8.45. The van der Waals surface area contributed by atoms with Gasteiger partial charge < -0.3 is 5.73 Å². The summed E-state index contributed by atoms with van der Waals surface area (Å²) in [5, 5.41) is 21.3. The third kappa shape index (κ3) is 3.17. The van der Waals surface area contributed by atoms with Crippen LogP contribution in [0.2, 0.25) is 0 Å². The van der Waals surface area contributed by atoms with Crippen molar-refractivity contribution >= 4 is 28.5 Å². The minimum Gasteiger partial charge on any atom is -0.384 e. The molecule has 0 saturated carbocycles. The van der Waals surface area contributed by atoms with Crippen LogP contribution < -0.4 is 10.6 Å². The van der Waals surface area contributed by atoms with Gasteiger partial charge in [-0.05, 0) is 37.5 Å². The van der Waals surface area contributed by atoms with Gasteiger partial charge in [0.15, 0.2) is 5.78 Å². The number of nitrogens with two attached hydrogens (primary N) is 1. The zero-order chi connectivity index (χ0) is 21.4. The van der Waals surface area contributed by atoms with Crippen LogP contribution in [0.3, 0.4) is 0 Å². The van der Waals surface area contributed by atoms with E-state index in [9.17, 15) is 20.2 Å². The zero-order valence-corrected chi connectivity index (χ0v) is 17.2. The predicted molar refractivity (Wildman–Crippen MR) is 115 cm³/mol. The fraction of sp³-hybridized carbons (Fsp3) is 0.273. The van der Waals surface area contributed by atoms with E-state index in [0.717, 1.165) is 17.0 Å². The van der Waals surface area contributed by atoms with Gasteiger partial charge in [0.2, 0.25) is 0 Å². The summed E-state index contributed by atoms with van der Waals surface area (Å²) in [7, 11) is 0. The van der Waals surface area contributed by atoms with Crippen LogP contribution in [-0.2, 0) is 11.2 Å². The molecule has 2 aromatic rings. The molecule has 2 heterocycles. The van der Waals surface area contributed by atoms with Crippen LogP contribution >= 0.6 is 11.3 Å². The van der Waals surface area contributed by atoms with Crippen molar-refractivity contribution in [1.29, 1.82) is 5.26 Å². The molecular weight excluding hydrogens is 400 g/mol. The number of carbonyl (C=O) groups excluding carboxylic acids is 1. The first-order valence-corrected chi connectivity index (χ1v) is 10.6. The van der Waals surface area contributed by atoms with Gasteiger partial charge in [-0.25, -0.2) is 0 Å². The average molecular weight is 420 g/mol. The lowest BCUT2D eigenvalue weighted by atomic mass is 9.78.